The van der Waals surface area contributed by atoms with Gasteiger partial charge in [0.15, 0.2) is 9.84 Å². The van der Waals surface area contributed by atoms with Gasteiger partial charge in [-0.2, -0.15) is 0 Å². The highest BCUT2D eigenvalue weighted by Gasteiger charge is 2.28. The quantitative estimate of drug-likeness (QED) is 0.629. The number of amides is 2. The SMILES string of the molecule is CCC(=O)N1CCc2cc(Br)c(S(=O)(=O)CCC(=O)Nc3ccc(CC)cc3)cc21. The molecule has 1 aliphatic heterocycles. The molecule has 0 atom stereocenters. The summed E-state index contributed by atoms with van der Waals surface area (Å²) in [6, 6.07) is 10.8. The number of halogens is 1. The van der Waals surface area contributed by atoms with Gasteiger partial charge in [0.25, 0.3) is 0 Å². The van der Waals surface area contributed by atoms with Crippen molar-refractivity contribution in [3.63, 3.8) is 0 Å². The number of hydrogen-bond acceptors (Lipinski definition) is 4. The average Bonchev–Trinajstić information content (AvgIpc) is 3.14. The molecule has 2 aromatic rings. The number of benzene rings is 2. The van der Waals surface area contributed by atoms with Gasteiger partial charge in [-0.05, 0) is 64.2 Å². The molecule has 160 valence electrons. The van der Waals surface area contributed by atoms with Gasteiger partial charge in [-0.1, -0.05) is 26.0 Å². The first-order valence-corrected chi connectivity index (χ1v) is 12.4. The normalized spacial score (nSPS) is 13.2. The molecule has 30 heavy (non-hydrogen) atoms. The van der Waals surface area contributed by atoms with E-state index >= 15 is 0 Å². The average molecular weight is 493 g/mol. The number of nitrogens with zero attached hydrogens (tertiary/aromatic N) is 1. The van der Waals surface area contributed by atoms with E-state index in [0.717, 1.165) is 17.5 Å². The number of nitrogens with one attached hydrogen (secondary N) is 1. The maximum atomic E-state index is 12.9. The molecule has 1 aliphatic rings. The molecule has 2 aromatic carbocycles. The molecule has 0 spiro atoms. The summed E-state index contributed by atoms with van der Waals surface area (Å²) in [7, 11) is -3.71. The summed E-state index contributed by atoms with van der Waals surface area (Å²) >= 11 is 3.35. The van der Waals surface area contributed by atoms with Gasteiger partial charge in [-0.15, -0.1) is 0 Å². The predicted octanol–water partition coefficient (Wildman–Crippen LogP) is 4.11. The van der Waals surface area contributed by atoms with Crippen molar-refractivity contribution in [1.29, 1.82) is 0 Å². The Morgan fingerprint density at radius 3 is 2.47 bits per heavy atom. The Bertz CT molecular complexity index is 1070. The molecule has 0 fully saturated rings. The molecule has 0 saturated heterocycles. The highest BCUT2D eigenvalue weighted by Crippen LogP contribution is 2.36. The van der Waals surface area contributed by atoms with Crippen molar-refractivity contribution < 1.29 is 18.0 Å². The highest BCUT2D eigenvalue weighted by molar-refractivity contribution is 9.10. The largest absolute Gasteiger partial charge is 0.326 e. The maximum absolute atomic E-state index is 12.9. The van der Waals surface area contributed by atoms with E-state index in [1.54, 1.807) is 24.0 Å². The topological polar surface area (TPSA) is 83.6 Å². The van der Waals surface area contributed by atoms with Crippen molar-refractivity contribution in [2.24, 2.45) is 0 Å². The summed E-state index contributed by atoms with van der Waals surface area (Å²) in [5.41, 5.74) is 3.38. The van der Waals surface area contributed by atoms with Crippen molar-refractivity contribution >= 4 is 49.0 Å². The number of aryl methyl sites for hydroxylation is 1. The Hall–Kier alpha value is -2.19. The molecule has 0 saturated carbocycles. The molecule has 0 bridgehead atoms. The molecule has 6 nitrogen and oxygen atoms in total. The third kappa shape index (κ3) is 4.92. The van der Waals surface area contributed by atoms with Crippen LogP contribution in [0, 0.1) is 0 Å². The number of rotatable bonds is 7. The van der Waals surface area contributed by atoms with E-state index in [1.165, 1.54) is 0 Å². The molecule has 3 rings (SSSR count). The van der Waals surface area contributed by atoms with Crippen molar-refractivity contribution in [2.75, 3.05) is 22.5 Å². The standard InChI is InChI=1S/C22H25BrN2O4S/c1-3-15-5-7-17(8-6-15)24-21(26)10-12-30(28,29)20-14-19-16(13-18(20)23)9-11-25(19)22(27)4-2/h5-8,13-14H,3-4,9-12H2,1-2H3,(H,24,26). The van der Waals surface area contributed by atoms with Crippen LogP contribution in [0.2, 0.25) is 0 Å². The Morgan fingerprint density at radius 1 is 1.13 bits per heavy atom. The van der Waals surface area contributed by atoms with Gasteiger partial charge >= 0.3 is 0 Å². The minimum absolute atomic E-state index is 0.0344. The Balaban J connectivity index is 1.72. The van der Waals surface area contributed by atoms with E-state index in [2.05, 4.69) is 21.2 Å². The van der Waals surface area contributed by atoms with Gasteiger partial charge in [0.05, 0.1) is 10.6 Å². The first-order chi connectivity index (χ1) is 14.2. The van der Waals surface area contributed by atoms with Crippen LogP contribution >= 0.6 is 15.9 Å². The molecule has 0 radical (unpaired) electrons. The zero-order chi connectivity index (χ0) is 21.9. The summed E-state index contributed by atoms with van der Waals surface area (Å²) in [5.74, 6) is -0.707. The fourth-order valence-electron chi connectivity index (χ4n) is 3.46. The van der Waals surface area contributed by atoms with E-state index in [4.69, 9.17) is 0 Å². The predicted molar refractivity (Wildman–Crippen MR) is 122 cm³/mol. The van der Waals surface area contributed by atoms with Crippen molar-refractivity contribution in [2.45, 2.75) is 44.4 Å². The van der Waals surface area contributed by atoms with E-state index in [-0.39, 0.29) is 28.9 Å². The van der Waals surface area contributed by atoms with Crippen LogP contribution in [0.4, 0.5) is 11.4 Å². The molecule has 0 aliphatic carbocycles. The van der Waals surface area contributed by atoms with Crippen molar-refractivity contribution in [3.8, 4) is 0 Å². The lowest BCUT2D eigenvalue weighted by Crippen LogP contribution is -2.28. The number of fused-ring (bicyclic) bond motifs is 1. The first-order valence-electron chi connectivity index (χ1n) is 9.99. The van der Waals surface area contributed by atoms with E-state index < -0.39 is 9.84 Å². The fourth-order valence-corrected chi connectivity index (χ4v) is 5.91. The molecule has 0 aromatic heterocycles. The second-order valence-electron chi connectivity index (χ2n) is 7.23. The summed E-state index contributed by atoms with van der Waals surface area (Å²) in [5, 5.41) is 2.74. The van der Waals surface area contributed by atoms with E-state index in [0.29, 0.717) is 35.2 Å². The molecule has 1 N–H and O–H groups in total. The second-order valence-corrected chi connectivity index (χ2v) is 10.2. The van der Waals surface area contributed by atoms with Crippen LogP contribution in [-0.4, -0.2) is 32.5 Å². The molecular weight excluding hydrogens is 468 g/mol. The highest BCUT2D eigenvalue weighted by atomic mass is 79.9. The van der Waals surface area contributed by atoms with Crippen LogP contribution in [0.5, 0.6) is 0 Å². The van der Waals surface area contributed by atoms with E-state index in [1.807, 2.05) is 31.2 Å². The number of carbonyl (C=O) groups is 2. The van der Waals surface area contributed by atoms with Crippen LogP contribution in [0.25, 0.3) is 0 Å². The fraction of sp³-hybridized carbons (Fsp3) is 0.364. The third-order valence-electron chi connectivity index (χ3n) is 5.21. The van der Waals surface area contributed by atoms with Crippen LogP contribution < -0.4 is 10.2 Å². The van der Waals surface area contributed by atoms with Crippen LogP contribution in [-0.2, 0) is 32.3 Å². The number of sulfone groups is 1. The van der Waals surface area contributed by atoms with Crippen LogP contribution in [0.3, 0.4) is 0 Å². The monoisotopic (exact) mass is 492 g/mol. The van der Waals surface area contributed by atoms with Gasteiger partial charge in [0.1, 0.15) is 0 Å². The third-order valence-corrected chi connectivity index (χ3v) is 7.88. The molecule has 8 heteroatoms. The smallest absolute Gasteiger partial charge is 0.226 e. The lowest BCUT2D eigenvalue weighted by Gasteiger charge is -2.18. The second kappa shape index (κ2) is 9.31. The lowest BCUT2D eigenvalue weighted by molar-refractivity contribution is -0.118. The van der Waals surface area contributed by atoms with Gasteiger partial charge in [-0.25, -0.2) is 8.42 Å². The van der Waals surface area contributed by atoms with Gasteiger partial charge < -0.3 is 10.2 Å². The Labute approximate surface area is 185 Å². The summed E-state index contributed by atoms with van der Waals surface area (Å²) in [4.78, 5) is 26.2. The molecular formula is C22H25BrN2O4S. The van der Waals surface area contributed by atoms with Crippen molar-refractivity contribution in [1.82, 2.24) is 0 Å². The molecule has 2 amide bonds. The zero-order valence-electron chi connectivity index (χ0n) is 17.1. The van der Waals surface area contributed by atoms with E-state index in [9.17, 15) is 18.0 Å². The van der Waals surface area contributed by atoms with Crippen molar-refractivity contribution in [3.05, 3.63) is 52.0 Å². The first kappa shape index (κ1) is 22.5. The zero-order valence-corrected chi connectivity index (χ0v) is 19.5. The summed E-state index contributed by atoms with van der Waals surface area (Å²) < 4.78 is 26.3. The minimum atomic E-state index is -3.71. The Morgan fingerprint density at radius 2 is 1.83 bits per heavy atom. The number of hydrogen-bond donors (Lipinski definition) is 1. The van der Waals surface area contributed by atoms with Gasteiger partial charge in [0, 0.05) is 35.2 Å². The number of carbonyl (C=O) groups excluding carboxylic acids is 2. The Kier molecular flexibility index (Phi) is 6.98. The van der Waals surface area contributed by atoms with Crippen LogP contribution in [0.1, 0.15) is 37.8 Å². The summed E-state index contributed by atoms with van der Waals surface area (Å²) in [6.07, 6.45) is 1.80. The van der Waals surface area contributed by atoms with Gasteiger partial charge in [0.2, 0.25) is 11.8 Å². The maximum Gasteiger partial charge on any atom is 0.226 e. The van der Waals surface area contributed by atoms with Gasteiger partial charge in [-0.3, -0.25) is 9.59 Å². The molecule has 1 heterocycles. The number of anilines is 2. The lowest BCUT2D eigenvalue weighted by atomic mass is 10.1. The van der Waals surface area contributed by atoms with Crippen LogP contribution in [0.15, 0.2) is 45.8 Å². The minimum Gasteiger partial charge on any atom is -0.326 e. The molecule has 0 unspecified atom stereocenters. The summed E-state index contributed by atoms with van der Waals surface area (Å²) in [6.45, 7) is 4.38.